The van der Waals surface area contributed by atoms with E-state index in [1.54, 1.807) is 18.7 Å². The van der Waals surface area contributed by atoms with Crippen LogP contribution in [0.4, 0.5) is 0 Å². The Hall–Kier alpha value is -2.62. The van der Waals surface area contributed by atoms with Crippen LogP contribution >= 0.6 is 22.9 Å². The number of rotatable bonds is 6. The molecule has 0 saturated heterocycles. The van der Waals surface area contributed by atoms with Crippen LogP contribution in [-0.4, -0.2) is 20.2 Å². The fourth-order valence-corrected chi connectivity index (χ4v) is 3.26. The molecule has 0 unspecified atom stereocenters. The van der Waals surface area contributed by atoms with Gasteiger partial charge in [-0.15, -0.1) is 11.3 Å². The molecule has 1 aliphatic rings. The number of hydrogen-bond donors (Lipinski definition) is 0. The van der Waals surface area contributed by atoms with Crippen LogP contribution in [0.15, 0.2) is 53.7 Å². The third-order valence-corrected chi connectivity index (χ3v) is 5.08. The molecule has 3 aromatic rings. The van der Waals surface area contributed by atoms with E-state index in [1.807, 2.05) is 34.3 Å². The van der Waals surface area contributed by atoms with Crippen molar-refractivity contribution in [1.29, 1.82) is 0 Å². The Kier molecular flexibility index (Phi) is 5.52. The highest BCUT2D eigenvalue weighted by atomic mass is 35.5. The van der Waals surface area contributed by atoms with Gasteiger partial charge >= 0.3 is 0 Å². The molecular formula is C20H17ClN4OS. The maximum atomic E-state index is 6.53. The van der Waals surface area contributed by atoms with Crippen LogP contribution in [0.1, 0.15) is 29.0 Å². The van der Waals surface area contributed by atoms with Crippen LogP contribution < -0.4 is 0 Å². The fourth-order valence-electron chi connectivity index (χ4n) is 2.45. The van der Waals surface area contributed by atoms with E-state index in [4.69, 9.17) is 16.4 Å². The third-order valence-electron chi connectivity index (χ3n) is 4.02. The first-order valence-electron chi connectivity index (χ1n) is 8.62. The molecular weight excluding hydrogens is 380 g/mol. The van der Waals surface area contributed by atoms with Gasteiger partial charge in [-0.25, -0.2) is 9.97 Å². The zero-order valence-corrected chi connectivity index (χ0v) is 16.1. The van der Waals surface area contributed by atoms with Crippen molar-refractivity contribution in [2.24, 2.45) is 11.1 Å². The zero-order chi connectivity index (χ0) is 18.5. The van der Waals surface area contributed by atoms with Gasteiger partial charge in [0.1, 0.15) is 10.7 Å². The molecule has 0 N–H and O–H groups in total. The lowest BCUT2D eigenvalue weighted by molar-refractivity contribution is 0.129. The molecule has 7 heteroatoms. The van der Waals surface area contributed by atoms with Crippen LogP contribution in [0, 0.1) is 17.8 Å². The molecule has 0 radical (unpaired) electrons. The normalized spacial score (nSPS) is 13.9. The van der Waals surface area contributed by atoms with Crippen LogP contribution in [0.25, 0.3) is 0 Å². The van der Waals surface area contributed by atoms with Gasteiger partial charge in [0.2, 0.25) is 0 Å². The quantitative estimate of drug-likeness (QED) is 0.353. The summed E-state index contributed by atoms with van der Waals surface area (Å²) in [4.78, 5) is 13.8. The molecule has 1 aromatic carbocycles. The molecule has 0 amide bonds. The predicted molar refractivity (Wildman–Crippen MR) is 107 cm³/mol. The SMILES string of the molecule is Clc1cc(C#CC2CC2)ccc1/C(Cn1ccnc1)=N/OCc1nccs1. The largest absolute Gasteiger partial charge is 0.388 e. The average Bonchev–Trinajstić information content (AvgIpc) is 3.11. The highest BCUT2D eigenvalue weighted by Gasteiger charge is 2.18. The number of hydrogen-bond acceptors (Lipinski definition) is 5. The smallest absolute Gasteiger partial charge is 0.168 e. The van der Waals surface area contributed by atoms with Gasteiger partial charge in [-0.2, -0.15) is 0 Å². The van der Waals surface area contributed by atoms with E-state index in [1.165, 1.54) is 24.2 Å². The summed E-state index contributed by atoms with van der Waals surface area (Å²) < 4.78 is 1.92. The van der Waals surface area contributed by atoms with Gasteiger partial charge in [0.15, 0.2) is 6.61 Å². The van der Waals surface area contributed by atoms with Gasteiger partial charge in [0.25, 0.3) is 0 Å². The van der Waals surface area contributed by atoms with Crippen LogP contribution in [0.5, 0.6) is 0 Å². The highest BCUT2D eigenvalue weighted by Crippen LogP contribution is 2.28. The molecule has 0 aliphatic heterocycles. The molecule has 2 aromatic heterocycles. The van der Waals surface area contributed by atoms with E-state index in [2.05, 4.69) is 27.0 Å². The van der Waals surface area contributed by atoms with Crippen molar-refractivity contribution >= 4 is 28.6 Å². The summed E-state index contributed by atoms with van der Waals surface area (Å²) in [5.41, 5.74) is 2.46. The summed E-state index contributed by atoms with van der Waals surface area (Å²) in [6.45, 7) is 0.832. The maximum Gasteiger partial charge on any atom is 0.168 e. The summed E-state index contributed by atoms with van der Waals surface area (Å²) in [6.07, 6.45) is 9.50. The Labute approximate surface area is 166 Å². The molecule has 0 spiro atoms. The maximum absolute atomic E-state index is 6.53. The first kappa shape index (κ1) is 17.8. The molecule has 1 saturated carbocycles. The Morgan fingerprint density at radius 1 is 1.37 bits per heavy atom. The van der Waals surface area contributed by atoms with E-state index >= 15 is 0 Å². The lowest BCUT2D eigenvalue weighted by atomic mass is 10.1. The van der Waals surface area contributed by atoms with Gasteiger partial charge in [-0.3, -0.25) is 0 Å². The fraction of sp³-hybridized carbons (Fsp3) is 0.250. The number of nitrogens with zero attached hydrogens (tertiary/aromatic N) is 4. The number of thiazole rings is 1. The molecule has 136 valence electrons. The molecule has 2 heterocycles. The minimum absolute atomic E-state index is 0.327. The van der Waals surface area contributed by atoms with Crippen molar-refractivity contribution in [3.63, 3.8) is 0 Å². The van der Waals surface area contributed by atoms with Gasteiger partial charge < -0.3 is 9.40 Å². The minimum atomic E-state index is 0.327. The van der Waals surface area contributed by atoms with Crippen molar-refractivity contribution in [1.82, 2.24) is 14.5 Å². The van der Waals surface area contributed by atoms with E-state index < -0.39 is 0 Å². The molecule has 1 aliphatic carbocycles. The van der Waals surface area contributed by atoms with Crippen molar-refractivity contribution in [3.05, 3.63) is 69.7 Å². The van der Waals surface area contributed by atoms with Crippen molar-refractivity contribution in [3.8, 4) is 11.8 Å². The first-order chi connectivity index (χ1) is 13.3. The molecule has 4 rings (SSSR count). The summed E-state index contributed by atoms with van der Waals surface area (Å²) >= 11 is 8.07. The Morgan fingerprint density at radius 2 is 2.30 bits per heavy atom. The number of aromatic nitrogens is 3. The topological polar surface area (TPSA) is 52.3 Å². The van der Waals surface area contributed by atoms with E-state index in [0.717, 1.165) is 21.8 Å². The van der Waals surface area contributed by atoms with Gasteiger partial charge in [0.05, 0.1) is 17.9 Å². The number of benzene rings is 1. The molecule has 27 heavy (non-hydrogen) atoms. The van der Waals surface area contributed by atoms with Gasteiger partial charge in [0, 0.05) is 41.0 Å². The summed E-state index contributed by atoms with van der Waals surface area (Å²) in [5, 5.41) is 7.72. The van der Waals surface area contributed by atoms with Crippen molar-refractivity contribution < 1.29 is 4.84 Å². The number of halogens is 1. The highest BCUT2D eigenvalue weighted by molar-refractivity contribution is 7.09. The summed E-state index contributed by atoms with van der Waals surface area (Å²) in [6, 6.07) is 5.80. The van der Waals surface area contributed by atoms with E-state index in [0.29, 0.717) is 24.1 Å². The van der Waals surface area contributed by atoms with Crippen LogP contribution in [-0.2, 0) is 18.0 Å². The van der Waals surface area contributed by atoms with Gasteiger partial charge in [-0.1, -0.05) is 34.7 Å². The first-order valence-corrected chi connectivity index (χ1v) is 9.88. The molecule has 0 atom stereocenters. The van der Waals surface area contributed by atoms with E-state index in [-0.39, 0.29) is 0 Å². The number of oxime groups is 1. The zero-order valence-electron chi connectivity index (χ0n) is 14.5. The minimum Gasteiger partial charge on any atom is -0.388 e. The van der Waals surface area contributed by atoms with Crippen LogP contribution in [0.3, 0.4) is 0 Å². The molecule has 1 fully saturated rings. The van der Waals surface area contributed by atoms with Crippen molar-refractivity contribution in [2.75, 3.05) is 0 Å². The average molecular weight is 397 g/mol. The summed E-state index contributed by atoms with van der Waals surface area (Å²) in [7, 11) is 0. The number of imidazole rings is 1. The lowest BCUT2D eigenvalue weighted by Gasteiger charge is -2.10. The third kappa shape index (κ3) is 4.97. The second-order valence-corrected chi connectivity index (χ2v) is 7.60. The molecule has 0 bridgehead atoms. The Morgan fingerprint density at radius 3 is 3.00 bits per heavy atom. The standard InChI is InChI=1S/C20H17ClN4OS/c21-18-11-16(4-3-15-1-2-15)5-6-17(18)19(12-25-9-7-22-14-25)24-26-13-20-23-8-10-27-20/h5-11,14-15H,1-2,12-13H2/b24-19+. The predicted octanol–water partition coefficient (Wildman–Crippen LogP) is 4.38. The summed E-state index contributed by atoms with van der Waals surface area (Å²) in [5.74, 6) is 7.00. The monoisotopic (exact) mass is 396 g/mol. The second-order valence-electron chi connectivity index (χ2n) is 6.21. The Bertz CT molecular complexity index is 983. The molecule has 5 nitrogen and oxygen atoms in total. The van der Waals surface area contributed by atoms with Crippen LogP contribution in [0.2, 0.25) is 5.02 Å². The van der Waals surface area contributed by atoms with E-state index in [9.17, 15) is 0 Å². The Balaban J connectivity index is 1.56. The van der Waals surface area contributed by atoms with Crippen molar-refractivity contribution in [2.45, 2.75) is 26.0 Å². The van der Waals surface area contributed by atoms with Gasteiger partial charge in [-0.05, 0) is 25.0 Å². The second kappa shape index (κ2) is 8.38. The lowest BCUT2D eigenvalue weighted by Crippen LogP contribution is -2.12.